The first kappa shape index (κ1) is 8.65. The third-order valence-electron chi connectivity index (χ3n) is 0.667. The van der Waals surface area contributed by atoms with Gasteiger partial charge >= 0.3 is 0 Å². The van der Waals surface area contributed by atoms with E-state index in [-0.39, 0.29) is 0 Å². The molecule has 0 aromatic heterocycles. The van der Waals surface area contributed by atoms with E-state index >= 15 is 0 Å². The van der Waals surface area contributed by atoms with Crippen LogP contribution in [0.5, 0.6) is 0 Å². The van der Waals surface area contributed by atoms with Gasteiger partial charge in [-0.3, -0.25) is 4.79 Å². The number of carbonyl (C=O) groups is 1. The molecule has 0 amide bonds. The van der Waals surface area contributed by atoms with Gasteiger partial charge in [-0.2, -0.15) is 0 Å². The average Bonchev–Trinajstić information content (AvgIpc) is 1.62. The van der Waals surface area contributed by atoms with Crippen molar-refractivity contribution in [1.82, 2.24) is 0 Å². The maximum atomic E-state index is 10.4. The minimum absolute atomic E-state index is 0.566. The summed E-state index contributed by atoms with van der Waals surface area (Å²) in [6.45, 7) is 2.96. The zero-order valence-corrected chi connectivity index (χ0v) is 6.29. The molecule has 0 saturated carbocycles. The highest BCUT2D eigenvalue weighted by Crippen LogP contribution is 2.03. The van der Waals surface area contributed by atoms with E-state index in [0.717, 1.165) is 6.26 Å². The van der Waals surface area contributed by atoms with Crippen molar-refractivity contribution >= 4 is 26.7 Å². The van der Waals surface area contributed by atoms with Crippen LogP contribution in [0, 0.1) is 0 Å². The molecule has 0 aliphatic heterocycles. The van der Waals surface area contributed by atoms with Gasteiger partial charge in [-0.1, -0.05) is 6.58 Å². The zero-order valence-electron chi connectivity index (χ0n) is 4.72. The quantitative estimate of drug-likeness (QED) is 0.441. The zero-order chi connectivity index (χ0) is 7.65. The van der Waals surface area contributed by atoms with Gasteiger partial charge in [0.1, 0.15) is 4.91 Å². The first-order valence-electron chi connectivity index (χ1n) is 1.94. The van der Waals surface area contributed by atoms with Gasteiger partial charge in [0.05, 0.1) is 0 Å². The van der Waals surface area contributed by atoms with Crippen LogP contribution in [-0.4, -0.2) is 19.9 Å². The average molecular weight is 169 g/mol. The maximum Gasteiger partial charge on any atom is 0.263 e. The van der Waals surface area contributed by atoms with Crippen molar-refractivity contribution in [3.8, 4) is 0 Å². The Morgan fingerprint density at radius 2 is 1.89 bits per heavy atom. The lowest BCUT2D eigenvalue weighted by molar-refractivity contribution is -0.107. The van der Waals surface area contributed by atoms with Crippen LogP contribution < -0.4 is 0 Å². The number of halogens is 1. The highest BCUT2D eigenvalue weighted by molar-refractivity contribution is 7.95. The summed E-state index contributed by atoms with van der Waals surface area (Å²) in [6.07, 6.45) is 0.871. The second-order valence-electron chi connectivity index (χ2n) is 1.47. The molecule has 0 N–H and O–H groups in total. The van der Waals surface area contributed by atoms with Crippen LogP contribution in [0.4, 0.5) is 0 Å². The summed E-state index contributed by atoms with van der Waals surface area (Å²) in [4.78, 5) is 9.51. The molecule has 3 nitrogen and oxygen atoms in total. The second-order valence-corrected chi connectivity index (χ2v) is 3.85. The molecule has 0 fully saturated rings. The number of allylic oxidation sites excluding steroid dienone is 1. The summed E-state index contributed by atoms with van der Waals surface area (Å²) in [5.41, 5.74) is 0. The number of rotatable bonds is 2. The Kier molecular flexibility index (Phi) is 2.40. The van der Waals surface area contributed by atoms with E-state index in [2.05, 4.69) is 6.58 Å². The smallest absolute Gasteiger partial charge is 0.263 e. The van der Waals surface area contributed by atoms with Crippen LogP contribution in [0.25, 0.3) is 0 Å². The van der Waals surface area contributed by atoms with E-state index < -0.39 is 20.0 Å². The largest absolute Gasteiger partial charge is 0.275 e. The molecule has 0 heterocycles. The monoisotopic (exact) mass is 168 g/mol. The molecular weight excluding hydrogens is 164 g/mol. The number of carbonyl (C=O) groups excluding carboxylic acids is 1. The molecule has 5 heteroatoms. The molecule has 0 unspecified atom stereocenters. The van der Waals surface area contributed by atoms with Crippen LogP contribution in [0.3, 0.4) is 0 Å². The predicted molar refractivity (Wildman–Crippen MR) is 34.8 cm³/mol. The minimum Gasteiger partial charge on any atom is -0.275 e. The van der Waals surface area contributed by atoms with Gasteiger partial charge in [0.15, 0.2) is 9.84 Å². The molecule has 0 spiro atoms. The fourth-order valence-electron chi connectivity index (χ4n) is 0.146. The van der Waals surface area contributed by atoms with E-state index in [1.165, 1.54) is 0 Å². The molecule has 0 saturated heterocycles. The normalized spacial score (nSPS) is 10.9. The van der Waals surface area contributed by atoms with Gasteiger partial charge < -0.3 is 0 Å². The predicted octanol–water partition coefficient (Wildman–Crippen LogP) is 0.310. The number of sulfone groups is 1. The minimum atomic E-state index is -3.48. The summed E-state index contributed by atoms with van der Waals surface area (Å²) in [6, 6.07) is 0. The molecule has 9 heavy (non-hydrogen) atoms. The lowest BCUT2D eigenvalue weighted by Crippen LogP contribution is -2.04. The van der Waals surface area contributed by atoms with Crippen molar-refractivity contribution < 1.29 is 13.2 Å². The van der Waals surface area contributed by atoms with Crippen LogP contribution in [0.15, 0.2) is 11.5 Å². The summed E-state index contributed by atoms with van der Waals surface area (Å²) in [5, 5.41) is -1.03. The number of hydrogen-bond donors (Lipinski definition) is 0. The van der Waals surface area contributed by atoms with E-state index in [4.69, 9.17) is 11.6 Å². The molecule has 0 aromatic carbocycles. The molecule has 0 aromatic rings. The third-order valence-corrected chi connectivity index (χ3v) is 2.09. The second kappa shape index (κ2) is 2.49. The van der Waals surface area contributed by atoms with Crippen molar-refractivity contribution in [3.63, 3.8) is 0 Å². The highest BCUT2D eigenvalue weighted by Gasteiger charge is 2.14. The molecule has 0 aliphatic carbocycles. The first-order chi connectivity index (χ1) is 3.85. The molecule has 0 bridgehead atoms. The topological polar surface area (TPSA) is 51.2 Å². The highest BCUT2D eigenvalue weighted by atomic mass is 35.5. The van der Waals surface area contributed by atoms with E-state index in [9.17, 15) is 13.2 Å². The Morgan fingerprint density at radius 3 is 1.89 bits per heavy atom. The standard InChI is InChI=1S/C4H5ClO3S/c1-3(4(5)6)9(2,7)8/h1H2,2H3. The van der Waals surface area contributed by atoms with Crippen molar-refractivity contribution in [2.24, 2.45) is 0 Å². The fraction of sp³-hybridized carbons (Fsp3) is 0.250. The van der Waals surface area contributed by atoms with Crippen LogP contribution in [0.2, 0.25) is 0 Å². The van der Waals surface area contributed by atoms with Gasteiger partial charge in [0, 0.05) is 6.26 Å². The fourth-order valence-corrected chi connectivity index (χ4v) is 0.858. The Bertz CT molecular complexity index is 239. The van der Waals surface area contributed by atoms with Crippen molar-refractivity contribution in [3.05, 3.63) is 11.5 Å². The van der Waals surface area contributed by atoms with Crippen molar-refractivity contribution in [2.45, 2.75) is 0 Å². The van der Waals surface area contributed by atoms with Gasteiger partial charge in [0.2, 0.25) is 0 Å². The van der Waals surface area contributed by atoms with Crippen molar-refractivity contribution in [2.75, 3.05) is 6.26 Å². The van der Waals surface area contributed by atoms with E-state index in [1.807, 2.05) is 0 Å². The third kappa shape index (κ3) is 2.62. The van der Waals surface area contributed by atoms with Crippen LogP contribution >= 0.6 is 11.6 Å². The Balaban J connectivity index is 4.66. The van der Waals surface area contributed by atoms with E-state index in [0.29, 0.717) is 0 Å². The molecule has 52 valence electrons. The summed E-state index contributed by atoms with van der Waals surface area (Å²) < 4.78 is 20.7. The first-order valence-corrected chi connectivity index (χ1v) is 4.21. The maximum absolute atomic E-state index is 10.4. The van der Waals surface area contributed by atoms with Crippen molar-refractivity contribution in [1.29, 1.82) is 0 Å². The van der Waals surface area contributed by atoms with Crippen LogP contribution in [0.1, 0.15) is 0 Å². The summed E-state index contributed by atoms with van der Waals surface area (Å²) >= 11 is 4.80. The van der Waals surface area contributed by atoms with Gasteiger partial charge in [-0.25, -0.2) is 8.42 Å². The Labute approximate surface area is 58.2 Å². The molecular formula is C4H5ClO3S. The summed E-state index contributed by atoms with van der Waals surface area (Å²) in [7, 11) is -3.48. The van der Waals surface area contributed by atoms with Gasteiger partial charge in [-0.15, -0.1) is 0 Å². The lowest BCUT2D eigenvalue weighted by atomic mass is 10.7. The molecule has 0 aliphatic rings. The Hall–Kier alpha value is -0.350. The van der Waals surface area contributed by atoms with Gasteiger partial charge in [0.25, 0.3) is 5.24 Å². The lowest BCUT2D eigenvalue weighted by Gasteiger charge is -1.91. The summed E-state index contributed by atoms with van der Waals surface area (Å²) in [5.74, 6) is 0. The SMILES string of the molecule is C=C(C(=O)Cl)S(C)(=O)=O. The number of hydrogen-bond acceptors (Lipinski definition) is 3. The molecule has 0 rings (SSSR count). The Morgan fingerprint density at radius 1 is 1.56 bits per heavy atom. The molecule has 0 radical (unpaired) electrons. The van der Waals surface area contributed by atoms with Gasteiger partial charge in [-0.05, 0) is 11.6 Å². The van der Waals surface area contributed by atoms with Crippen LogP contribution in [-0.2, 0) is 14.6 Å². The van der Waals surface area contributed by atoms with E-state index in [1.54, 1.807) is 0 Å². The molecule has 0 atom stereocenters.